The first-order valence-electron chi connectivity index (χ1n) is 8.48. The van der Waals surface area contributed by atoms with Crippen LogP contribution in [-0.4, -0.2) is 10.9 Å². The van der Waals surface area contributed by atoms with Crippen molar-refractivity contribution in [2.75, 3.05) is 0 Å². The summed E-state index contributed by atoms with van der Waals surface area (Å²) in [5, 5.41) is 9.81. The number of aryl methyl sites for hydroxylation is 1. The highest BCUT2D eigenvalue weighted by Gasteiger charge is 2.71. The monoisotopic (exact) mass is 284 g/mol. The predicted octanol–water partition coefficient (Wildman–Crippen LogP) is 4.14. The molecule has 0 aliphatic heterocycles. The van der Waals surface area contributed by atoms with E-state index in [0.717, 1.165) is 32.1 Å². The lowest BCUT2D eigenvalue weighted by atomic mass is 9.53. The topological polar surface area (TPSA) is 37.3 Å². The maximum atomic E-state index is 12.2. The van der Waals surface area contributed by atoms with Gasteiger partial charge in [0.05, 0.1) is 0 Å². The first kappa shape index (κ1) is 13.4. The molecule has 2 fully saturated rings. The summed E-state index contributed by atoms with van der Waals surface area (Å²) in [5.41, 5.74) is 3.26. The van der Waals surface area contributed by atoms with Crippen LogP contribution < -0.4 is 0 Å². The number of unbranched alkanes of at least 4 members (excludes halogenated alkanes) is 1. The van der Waals surface area contributed by atoms with Gasteiger partial charge in [-0.15, -0.1) is 0 Å². The molecule has 0 saturated heterocycles. The number of rotatable bonds is 3. The molecule has 0 bridgehead atoms. The Morgan fingerprint density at radius 2 is 2.14 bits per heavy atom. The molecule has 3 aliphatic rings. The van der Waals surface area contributed by atoms with E-state index in [-0.39, 0.29) is 10.8 Å². The van der Waals surface area contributed by atoms with E-state index in [0.29, 0.717) is 17.5 Å². The van der Waals surface area contributed by atoms with Gasteiger partial charge in [-0.1, -0.05) is 25.8 Å². The van der Waals surface area contributed by atoms with Gasteiger partial charge in [-0.3, -0.25) is 4.79 Å². The van der Waals surface area contributed by atoms with Crippen LogP contribution in [0, 0.1) is 11.3 Å². The summed E-state index contributed by atoms with van der Waals surface area (Å²) < 4.78 is 0. The van der Waals surface area contributed by atoms with Crippen molar-refractivity contribution in [1.82, 2.24) is 0 Å². The first-order valence-corrected chi connectivity index (χ1v) is 8.48. The third-order valence-electron chi connectivity index (χ3n) is 6.62. The fourth-order valence-corrected chi connectivity index (χ4v) is 5.53. The summed E-state index contributed by atoms with van der Waals surface area (Å²) >= 11 is 0. The number of aromatic hydroxyl groups is 1. The number of carbonyl (C=O) groups is 1. The summed E-state index contributed by atoms with van der Waals surface area (Å²) in [6.45, 7) is 2.25. The van der Waals surface area contributed by atoms with Crippen molar-refractivity contribution in [2.45, 2.75) is 63.7 Å². The molecular weight excluding hydrogens is 260 g/mol. The Labute approximate surface area is 126 Å². The number of hydrogen-bond donors (Lipinski definition) is 1. The predicted molar refractivity (Wildman–Crippen MR) is 82.4 cm³/mol. The Kier molecular flexibility index (Phi) is 2.76. The highest BCUT2D eigenvalue weighted by atomic mass is 16.3. The minimum Gasteiger partial charge on any atom is -0.508 e. The van der Waals surface area contributed by atoms with Crippen LogP contribution in [0.4, 0.5) is 0 Å². The Bertz CT molecular complexity index is 606. The van der Waals surface area contributed by atoms with E-state index in [1.165, 1.54) is 30.4 Å². The number of benzene rings is 1. The van der Waals surface area contributed by atoms with E-state index >= 15 is 0 Å². The second kappa shape index (κ2) is 4.34. The maximum absolute atomic E-state index is 12.2. The largest absolute Gasteiger partial charge is 0.508 e. The fraction of sp³-hybridized carbons (Fsp3) is 0.632. The molecule has 1 unspecified atom stereocenters. The van der Waals surface area contributed by atoms with Crippen LogP contribution in [0.15, 0.2) is 18.2 Å². The third-order valence-corrected chi connectivity index (χ3v) is 6.62. The van der Waals surface area contributed by atoms with Gasteiger partial charge >= 0.3 is 0 Å². The molecule has 1 aromatic carbocycles. The van der Waals surface area contributed by atoms with Crippen LogP contribution in [0.2, 0.25) is 0 Å². The molecule has 2 nitrogen and oxygen atoms in total. The molecule has 0 heterocycles. The molecule has 1 spiro atoms. The van der Waals surface area contributed by atoms with Gasteiger partial charge in [0.1, 0.15) is 11.5 Å². The standard InChI is InChI=1S/C19H24O2/c1-2-3-8-18-10-7-17(21)16-12-19(16,18)9-6-13-11-14(20)4-5-15(13)18/h4-5,11,16,20H,2-3,6-10,12H2,1H3/t16?,18-,19-/m0/s1. The van der Waals surface area contributed by atoms with E-state index in [9.17, 15) is 9.90 Å². The van der Waals surface area contributed by atoms with E-state index in [1.54, 1.807) is 0 Å². The maximum Gasteiger partial charge on any atom is 0.136 e. The molecule has 2 heteroatoms. The highest BCUT2D eigenvalue weighted by Crippen LogP contribution is 2.74. The average molecular weight is 284 g/mol. The lowest BCUT2D eigenvalue weighted by Gasteiger charge is -2.49. The smallest absolute Gasteiger partial charge is 0.136 e. The number of ketones is 1. The van der Waals surface area contributed by atoms with Crippen LogP contribution in [0.25, 0.3) is 0 Å². The summed E-state index contributed by atoms with van der Waals surface area (Å²) in [6.07, 6.45) is 8.75. The molecule has 1 N–H and O–H groups in total. The van der Waals surface area contributed by atoms with E-state index in [4.69, 9.17) is 0 Å². The molecule has 3 aliphatic carbocycles. The van der Waals surface area contributed by atoms with Gasteiger partial charge in [0.2, 0.25) is 0 Å². The van der Waals surface area contributed by atoms with E-state index in [2.05, 4.69) is 13.0 Å². The highest BCUT2D eigenvalue weighted by molar-refractivity contribution is 5.87. The van der Waals surface area contributed by atoms with Crippen molar-refractivity contribution in [3.05, 3.63) is 29.3 Å². The number of fused-ring (bicyclic) bond motifs is 2. The Hall–Kier alpha value is -1.31. The number of hydrogen-bond acceptors (Lipinski definition) is 2. The first-order chi connectivity index (χ1) is 10.1. The van der Waals surface area contributed by atoms with Gasteiger partial charge in [-0.2, -0.15) is 0 Å². The molecular formula is C19H24O2. The van der Waals surface area contributed by atoms with Gasteiger partial charge in [0.15, 0.2) is 0 Å². The SMILES string of the molecule is CCCC[C@@]12CCC(=O)C3C[C@@]31CCc1cc(O)ccc12. The van der Waals surface area contributed by atoms with Crippen molar-refractivity contribution in [2.24, 2.45) is 11.3 Å². The lowest BCUT2D eigenvalue weighted by molar-refractivity contribution is -0.124. The number of carbonyl (C=O) groups excluding carboxylic acids is 1. The molecule has 1 aromatic rings. The fourth-order valence-electron chi connectivity index (χ4n) is 5.53. The summed E-state index contributed by atoms with van der Waals surface area (Å²) in [4.78, 5) is 12.2. The van der Waals surface area contributed by atoms with Gasteiger partial charge < -0.3 is 5.11 Å². The van der Waals surface area contributed by atoms with Gasteiger partial charge in [-0.05, 0) is 60.8 Å². The van der Waals surface area contributed by atoms with Crippen LogP contribution in [0.5, 0.6) is 5.75 Å². The second-order valence-electron chi connectivity index (χ2n) is 7.41. The van der Waals surface area contributed by atoms with Gasteiger partial charge in [0.25, 0.3) is 0 Å². The van der Waals surface area contributed by atoms with Crippen molar-refractivity contribution in [1.29, 1.82) is 0 Å². The third kappa shape index (κ3) is 1.62. The van der Waals surface area contributed by atoms with Crippen molar-refractivity contribution < 1.29 is 9.90 Å². The second-order valence-corrected chi connectivity index (χ2v) is 7.41. The molecule has 0 radical (unpaired) electrons. The Morgan fingerprint density at radius 3 is 2.95 bits per heavy atom. The van der Waals surface area contributed by atoms with E-state index < -0.39 is 0 Å². The molecule has 4 rings (SSSR count). The lowest BCUT2D eigenvalue weighted by Crippen LogP contribution is -2.46. The zero-order chi connectivity index (χ0) is 14.7. The Morgan fingerprint density at radius 1 is 1.29 bits per heavy atom. The summed E-state index contributed by atoms with van der Waals surface area (Å²) in [5.74, 6) is 1.24. The van der Waals surface area contributed by atoms with Crippen LogP contribution in [0.3, 0.4) is 0 Å². The molecule has 112 valence electrons. The quantitative estimate of drug-likeness (QED) is 0.906. The minimum absolute atomic E-state index is 0.211. The van der Waals surface area contributed by atoms with Crippen molar-refractivity contribution in [3.8, 4) is 5.75 Å². The summed E-state index contributed by atoms with van der Waals surface area (Å²) in [6, 6.07) is 5.97. The summed E-state index contributed by atoms with van der Waals surface area (Å²) in [7, 11) is 0. The van der Waals surface area contributed by atoms with Crippen molar-refractivity contribution in [3.63, 3.8) is 0 Å². The van der Waals surface area contributed by atoms with Crippen LogP contribution >= 0.6 is 0 Å². The van der Waals surface area contributed by atoms with Crippen LogP contribution in [-0.2, 0) is 16.6 Å². The normalized spacial score (nSPS) is 36.6. The zero-order valence-corrected chi connectivity index (χ0v) is 12.8. The molecule has 21 heavy (non-hydrogen) atoms. The van der Waals surface area contributed by atoms with Gasteiger partial charge in [-0.25, -0.2) is 0 Å². The van der Waals surface area contributed by atoms with Crippen LogP contribution in [0.1, 0.15) is 63.0 Å². The van der Waals surface area contributed by atoms with Gasteiger partial charge in [0, 0.05) is 17.8 Å². The average Bonchev–Trinajstić information content (AvgIpc) is 3.22. The zero-order valence-electron chi connectivity index (χ0n) is 12.8. The minimum atomic E-state index is 0.211. The molecule has 3 atom stereocenters. The molecule has 0 amide bonds. The molecule has 2 saturated carbocycles. The Balaban J connectivity index is 1.84. The number of Topliss-reactive ketones (excluding diaryl/α,β-unsaturated/α-hetero) is 1. The molecule has 0 aromatic heterocycles. The van der Waals surface area contributed by atoms with Crippen molar-refractivity contribution >= 4 is 5.78 Å². The van der Waals surface area contributed by atoms with E-state index in [1.807, 2.05) is 12.1 Å². The number of phenolic OH excluding ortho intramolecular Hbond substituents is 1. The number of phenols is 1.